The quantitative estimate of drug-likeness (QED) is 0.835. The maximum absolute atomic E-state index is 13.0. The third kappa shape index (κ3) is 2.19. The molecule has 7 heteroatoms. The summed E-state index contributed by atoms with van der Waals surface area (Å²) in [6.07, 6.45) is -1.68. The molecule has 0 radical (unpaired) electrons. The number of rotatable bonds is 2. The lowest BCUT2D eigenvalue weighted by molar-refractivity contribution is -0.138. The molecule has 1 aromatic heterocycles. The molecule has 0 unspecified atom stereocenters. The van der Waals surface area contributed by atoms with Gasteiger partial charge in [-0.05, 0) is 37.0 Å². The van der Waals surface area contributed by atoms with E-state index in [1.807, 2.05) is 4.90 Å². The number of fused-ring (bicyclic) bond motifs is 1. The Labute approximate surface area is 123 Å². The van der Waals surface area contributed by atoms with Gasteiger partial charge >= 0.3 is 6.18 Å². The van der Waals surface area contributed by atoms with Gasteiger partial charge in [0.05, 0.1) is 5.56 Å². The zero-order chi connectivity index (χ0) is 14.6. The Bertz CT molecular complexity index is 691. The molecule has 0 atom stereocenters. The third-order valence-corrected chi connectivity index (χ3v) is 4.69. The second-order valence-electron chi connectivity index (χ2n) is 5.41. The number of aromatic nitrogens is 2. The van der Waals surface area contributed by atoms with Gasteiger partial charge in [-0.15, -0.1) is 0 Å². The van der Waals surface area contributed by atoms with Crippen molar-refractivity contribution in [3.05, 3.63) is 35.2 Å². The van der Waals surface area contributed by atoms with Crippen LogP contribution in [0.15, 0.2) is 18.2 Å². The highest BCUT2D eigenvalue weighted by molar-refractivity contribution is 7.09. The molecular weight excluding hydrogens is 299 g/mol. The summed E-state index contributed by atoms with van der Waals surface area (Å²) in [5.74, 6) is 1.30. The van der Waals surface area contributed by atoms with Crippen molar-refractivity contribution in [2.24, 2.45) is 0 Å². The number of nitrogens with zero attached hydrogens (tertiary/aromatic N) is 3. The molecule has 4 rings (SSSR count). The smallest absolute Gasteiger partial charge is 0.316 e. The van der Waals surface area contributed by atoms with Crippen molar-refractivity contribution < 1.29 is 13.2 Å². The largest absolute Gasteiger partial charge is 0.416 e. The second kappa shape index (κ2) is 4.43. The van der Waals surface area contributed by atoms with Gasteiger partial charge < -0.3 is 4.90 Å². The van der Waals surface area contributed by atoms with Gasteiger partial charge in [0, 0.05) is 29.7 Å². The van der Waals surface area contributed by atoms with E-state index in [-0.39, 0.29) is 0 Å². The van der Waals surface area contributed by atoms with E-state index in [1.165, 1.54) is 17.6 Å². The van der Waals surface area contributed by atoms with Crippen LogP contribution in [0.3, 0.4) is 0 Å². The summed E-state index contributed by atoms with van der Waals surface area (Å²) in [5.41, 5.74) is 0.450. The highest BCUT2D eigenvalue weighted by Crippen LogP contribution is 2.44. The minimum Gasteiger partial charge on any atom is -0.316 e. The Morgan fingerprint density at radius 3 is 2.76 bits per heavy atom. The van der Waals surface area contributed by atoms with Crippen molar-refractivity contribution in [1.29, 1.82) is 0 Å². The predicted octanol–water partition coefficient (Wildman–Crippen LogP) is 4.13. The van der Waals surface area contributed by atoms with Crippen LogP contribution in [0.5, 0.6) is 0 Å². The SMILES string of the molecule is FC(F)(F)c1cccc2c1CCN2c1nc(C2CC2)ns1. The average Bonchev–Trinajstić information content (AvgIpc) is 3.01. The van der Waals surface area contributed by atoms with Crippen LogP contribution in [0.4, 0.5) is 24.0 Å². The van der Waals surface area contributed by atoms with E-state index in [1.54, 1.807) is 6.07 Å². The van der Waals surface area contributed by atoms with Crippen LogP contribution < -0.4 is 4.90 Å². The first kappa shape index (κ1) is 13.1. The number of anilines is 2. The van der Waals surface area contributed by atoms with E-state index in [2.05, 4.69) is 9.36 Å². The first-order chi connectivity index (χ1) is 10.0. The Balaban J connectivity index is 1.72. The summed E-state index contributed by atoms with van der Waals surface area (Å²) in [7, 11) is 0. The van der Waals surface area contributed by atoms with Crippen LogP contribution in [0.2, 0.25) is 0 Å². The molecule has 2 aromatic rings. The molecule has 1 aromatic carbocycles. The zero-order valence-electron chi connectivity index (χ0n) is 11.0. The van der Waals surface area contributed by atoms with E-state index >= 15 is 0 Å². The van der Waals surface area contributed by atoms with Gasteiger partial charge in [0.25, 0.3) is 0 Å². The van der Waals surface area contributed by atoms with Crippen LogP contribution >= 0.6 is 11.5 Å². The van der Waals surface area contributed by atoms with Gasteiger partial charge in [0.1, 0.15) is 5.82 Å². The van der Waals surface area contributed by atoms with E-state index in [0.717, 1.165) is 24.7 Å². The van der Waals surface area contributed by atoms with Crippen molar-refractivity contribution in [2.75, 3.05) is 11.4 Å². The van der Waals surface area contributed by atoms with Crippen LogP contribution in [0, 0.1) is 0 Å². The topological polar surface area (TPSA) is 29.0 Å². The van der Waals surface area contributed by atoms with Crippen LogP contribution in [0.25, 0.3) is 0 Å². The first-order valence-corrected chi connectivity index (χ1v) is 7.61. The minimum atomic E-state index is -4.30. The van der Waals surface area contributed by atoms with E-state index < -0.39 is 11.7 Å². The predicted molar refractivity (Wildman–Crippen MR) is 74.0 cm³/mol. The molecular formula is C14H12F3N3S. The lowest BCUT2D eigenvalue weighted by atomic mass is 10.0. The van der Waals surface area contributed by atoms with Gasteiger partial charge in [-0.25, -0.2) is 4.98 Å². The average molecular weight is 311 g/mol. The standard InChI is InChI=1S/C14H12F3N3S/c15-14(16,17)10-2-1-3-11-9(10)6-7-20(11)13-18-12(19-21-13)8-4-5-8/h1-3,8H,4-7H2. The van der Waals surface area contributed by atoms with Crippen molar-refractivity contribution in [2.45, 2.75) is 31.4 Å². The number of halogens is 3. The molecule has 0 spiro atoms. The van der Waals surface area contributed by atoms with Crippen molar-refractivity contribution in [1.82, 2.24) is 9.36 Å². The molecule has 1 fully saturated rings. The first-order valence-electron chi connectivity index (χ1n) is 6.84. The highest BCUT2D eigenvalue weighted by atomic mass is 32.1. The van der Waals surface area contributed by atoms with E-state index in [4.69, 9.17) is 0 Å². The van der Waals surface area contributed by atoms with E-state index in [0.29, 0.717) is 35.3 Å². The second-order valence-corrected chi connectivity index (χ2v) is 6.14. The molecule has 0 amide bonds. The Morgan fingerprint density at radius 2 is 2.05 bits per heavy atom. The normalized spacial score (nSPS) is 18.1. The maximum atomic E-state index is 13.0. The number of benzene rings is 1. The zero-order valence-corrected chi connectivity index (χ0v) is 11.8. The van der Waals surface area contributed by atoms with Crippen molar-refractivity contribution in [3.63, 3.8) is 0 Å². The summed E-state index contributed by atoms with van der Waals surface area (Å²) in [5, 5.41) is 0.704. The van der Waals surface area contributed by atoms with Gasteiger partial charge in [-0.3, -0.25) is 0 Å². The minimum absolute atomic E-state index is 0.369. The molecule has 21 heavy (non-hydrogen) atoms. The summed E-state index contributed by atoms with van der Waals surface area (Å²) in [6.45, 7) is 0.529. The fraction of sp³-hybridized carbons (Fsp3) is 0.429. The fourth-order valence-electron chi connectivity index (χ4n) is 2.74. The lowest BCUT2D eigenvalue weighted by Crippen LogP contribution is -2.13. The van der Waals surface area contributed by atoms with Gasteiger partial charge in [-0.2, -0.15) is 17.5 Å². The molecule has 2 heterocycles. The van der Waals surface area contributed by atoms with Crippen molar-refractivity contribution >= 4 is 22.4 Å². The maximum Gasteiger partial charge on any atom is 0.416 e. The summed E-state index contributed by atoms with van der Waals surface area (Å²) in [6, 6.07) is 4.34. The Kier molecular flexibility index (Phi) is 2.76. The third-order valence-electron chi connectivity index (χ3n) is 3.94. The molecule has 0 N–H and O–H groups in total. The number of alkyl halides is 3. The lowest BCUT2D eigenvalue weighted by Gasteiger charge is -2.16. The molecule has 1 aliphatic heterocycles. The molecule has 1 saturated carbocycles. The van der Waals surface area contributed by atoms with Crippen LogP contribution in [-0.4, -0.2) is 15.9 Å². The Morgan fingerprint density at radius 1 is 1.24 bits per heavy atom. The van der Waals surface area contributed by atoms with Gasteiger partial charge in [-0.1, -0.05) is 6.07 Å². The molecule has 3 nitrogen and oxygen atoms in total. The highest BCUT2D eigenvalue weighted by Gasteiger charge is 2.37. The molecule has 0 bridgehead atoms. The fourth-order valence-corrected chi connectivity index (χ4v) is 3.53. The summed E-state index contributed by atoms with van der Waals surface area (Å²) in [4.78, 5) is 6.35. The van der Waals surface area contributed by atoms with Gasteiger partial charge in [0.2, 0.25) is 5.13 Å². The van der Waals surface area contributed by atoms with Crippen LogP contribution in [0.1, 0.15) is 35.7 Å². The van der Waals surface area contributed by atoms with Crippen molar-refractivity contribution in [3.8, 4) is 0 Å². The monoisotopic (exact) mass is 311 g/mol. The van der Waals surface area contributed by atoms with Gasteiger partial charge in [0.15, 0.2) is 0 Å². The van der Waals surface area contributed by atoms with Crippen LogP contribution in [-0.2, 0) is 12.6 Å². The number of hydrogen-bond donors (Lipinski definition) is 0. The molecule has 110 valence electrons. The Hall–Kier alpha value is -1.63. The molecule has 1 aliphatic carbocycles. The number of hydrogen-bond acceptors (Lipinski definition) is 4. The molecule has 2 aliphatic rings. The summed E-state index contributed by atoms with van der Waals surface area (Å²) >= 11 is 1.28. The molecule has 0 saturated heterocycles. The van der Waals surface area contributed by atoms with E-state index in [9.17, 15) is 13.2 Å². The summed E-state index contributed by atoms with van der Waals surface area (Å²) < 4.78 is 43.5.